The molecule has 0 unspecified atom stereocenters. The predicted octanol–water partition coefficient (Wildman–Crippen LogP) is 10.8. The van der Waals surface area contributed by atoms with Gasteiger partial charge in [-0.25, -0.2) is 0 Å². The van der Waals surface area contributed by atoms with Crippen LogP contribution in [0, 0.1) is 0 Å². The van der Waals surface area contributed by atoms with Crippen LogP contribution in [0.15, 0.2) is 154 Å². The molecule has 4 aromatic carbocycles. The maximum Gasteiger partial charge on any atom is 0.0349 e. The quantitative estimate of drug-likeness (QED) is 0.196. The van der Waals surface area contributed by atoms with E-state index >= 15 is 0 Å². The fraction of sp³-hybridized carbons (Fsp3) is 0.100. The Hall–Kier alpha value is -4.73. The van der Waals surface area contributed by atoms with Crippen molar-refractivity contribution in [2.45, 2.75) is 31.1 Å². The first-order valence-corrected chi connectivity index (χ1v) is 15.4. The molecular formula is C40H32N2S. The maximum atomic E-state index is 4.59. The number of thioether (sulfide) groups is 1. The molecule has 0 spiro atoms. The first-order valence-electron chi connectivity index (χ1n) is 14.6. The van der Waals surface area contributed by atoms with Gasteiger partial charge in [0.2, 0.25) is 0 Å². The number of aliphatic imine (C=N–C) groups is 1. The molecule has 5 aromatic rings. The molecule has 0 atom stereocenters. The van der Waals surface area contributed by atoms with Gasteiger partial charge in [0.25, 0.3) is 0 Å². The molecule has 7 rings (SSSR count). The van der Waals surface area contributed by atoms with E-state index in [4.69, 9.17) is 0 Å². The maximum absolute atomic E-state index is 4.59. The number of nitrogens with zero attached hydrogens (tertiary/aromatic N) is 2. The Morgan fingerprint density at radius 3 is 2.00 bits per heavy atom. The molecule has 0 saturated carbocycles. The van der Waals surface area contributed by atoms with Gasteiger partial charge in [-0.1, -0.05) is 104 Å². The van der Waals surface area contributed by atoms with Crippen LogP contribution >= 0.6 is 11.8 Å². The number of pyridine rings is 1. The van der Waals surface area contributed by atoms with E-state index in [-0.39, 0.29) is 5.41 Å². The Balaban J connectivity index is 1.52. The van der Waals surface area contributed by atoms with Gasteiger partial charge in [-0.2, -0.15) is 0 Å². The van der Waals surface area contributed by atoms with Crippen LogP contribution in [0.25, 0.3) is 39.0 Å². The lowest BCUT2D eigenvalue weighted by Gasteiger charge is -2.26. The molecule has 3 heteroatoms. The van der Waals surface area contributed by atoms with Gasteiger partial charge in [-0.05, 0) is 105 Å². The zero-order valence-electron chi connectivity index (χ0n) is 24.6. The van der Waals surface area contributed by atoms with Gasteiger partial charge in [-0.3, -0.25) is 9.98 Å². The summed E-state index contributed by atoms with van der Waals surface area (Å²) in [7, 11) is 0. The highest BCUT2D eigenvalue weighted by Gasteiger charge is 2.41. The standard InChI is InChI=1S/C40H32N2S/c1-26-36(19-20-41-4)43-39-32(16-11-17-33(39)37-34-25-42-21-18-35(34)40(2,3)38(26)37)31-23-29(27-12-7-5-8-13-27)22-30(24-31)28-14-9-6-10-15-28/h5-25H,4H2,1-3H3/b20-19-. The fourth-order valence-corrected chi connectivity index (χ4v) is 7.87. The minimum absolute atomic E-state index is 0.162. The van der Waals surface area contributed by atoms with Crippen LogP contribution in [0.5, 0.6) is 0 Å². The van der Waals surface area contributed by atoms with Gasteiger partial charge < -0.3 is 0 Å². The Morgan fingerprint density at radius 2 is 1.35 bits per heavy atom. The third-order valence-electron chi connectivity index (χ3n) is 8.67. The van der Waals surface area contributed by atoms with Crippen molar-refractivity contribution in [1.29, 1.82) is 0 Å². The molecule has 0 amide bonds. The molecular weight excluding hydrogens is 541 g/mol. The van der Waals surface area contributed by atoms with Crippen LogP contribution < -0.4 is 0 Å². The minimum atomic E-state index is -0.162. The molecule has 2 aliphatic rings. The first-order chi connectivity index (χ1) is 21.0. The van der Waals surface area contributed by atoms with Gasteiger partial charge in [0, 0.05) is 39.4 Å². The van der Waals surface area contributed by atoms with E-state index in [1.807, 2.05) is 24.2 Å². The van der Waals surface area contributed by atoms with Crippen molar-refractivity contribution in [3.8, 4) is 33.4 Å². The average molecular weight is 573 g/mol. The van der Waals surface area contributed by atoms with Crippen molar-refractivity contribution in [3.05, 3.63) is 161 Å². The zero-order chi connectivity index (χ0) is 29.6. The summed E-state index contributed by atoms with van der Waals surface area (Å²) in [4.78, 5) is 11.1. The number of benzene rings is 4. The SMILES string of the molecule is C=N/C=C\C1=C(C)C2=C(c3cnccc3C2(C)C)c2cccc(-c3cc(-c4ccccc4)cc(-c4ccccc4)c3)c2S1. The lowest BCUT2D eigenvalue weighted by atomic mass is 9.78. The topological polar surface area (TPSA) is 25.2 Å². The summed E-state index contributed by atoms with van der Waals surface area (Å²) in [6, 6.07) is 37.2. The lowest BCUT2D eigenvalue weighted by Crippen LogP contribution is -2.18. The van der Waals surface area contributed by atoms with Crippen LogP contribution in [-0.2, 0) is 5.41 Å². The summed E-state index contributed by atoms with van der Waals surface area (Å²) in [5, 5.41) is 0. The molecule has 0 radical (unpaired) electrons. The largest absolute Gasteiger partial charge is 0.272 e. The number of rotatable bonds is 5. The van der Waals surface area contributed by atoms with E-state index in [0.29, 0.717) is 0 Å². The summed E-state index contributed by atoms with van der Waals surface area (Å²) in [6.45, 7) is 10.6. The number of hydrogen-bond donors (Lipinski definition) is 0. The van der Waals surface area contributed by atoms with Crippen molar-refractivity contribution in [2.24, 2.45) is 4.99 Å². The average Bonchev–Trinajstić information content (AvgIpc) is 3.20. The highest BCUT2D eigenvalue weighted by Crippen LogP contribution is 2.57. The van der Waals surface area contributed by atoms with Crippen molar-refractivity contribution in [2.75, 3.05) is 0 Å². The summed E-state index contributed by atoms with van der Waals surface area (Å²) in [6.07, 6.45) is 7.88. The highest BCUT2D eigenvalue weighted by atomic mass is 32.2. The Labute approximate surface area is 258 Å². The highest BCUT2D eigenvalue weighted by molar-refractivity contribution is 8.03. The molecule has 0 bridgehead atoms. The van der Waals surface area contributed by atoms with Crippen molar-refractivity contribution < 1.29 is 0 Å². The number of hydrogen-bond acceptors (Lipinski definition) is 3. The second-order valence-electron chi connectivity index (χ2n) is 11.6. The number of fused-ring (bicyclic) bond motifs is 4. The molecule has 1 aliphatic heterocycles. The third kappa shape index (κ3) is 4.61. The van der Waals surface area contributed by atoms with Crippen LogP contribution in [0.1, 0.15) is 37.5 Å². The van der Waals surface area contributed by atoms with E-state index in [9.17, 15) is 0 Å². The fourth-order valence-electron chi connectivity index (χ4n) is 6.69. The van der Waals surface area contributed by atoms with Gasteiger partial charge >= 0.3 is 0 Å². The van der Waals surface area contributed by atoms with Crippen LogP contribution in [-0.4, -0.2) is 11.7 Å². The van der Waals surface area contributed by atoms with E-state index < -0.39 is 0 Å². The summed E-state index contributed by atoms with van der Waals surface area (Å²) in [5.74, 6) is 0. The lowest BCUT2D eigenvalue weighted by molar-refractivity contribution is 0.644. The summed E-state index contributed by atoms with van der Waals surface area (Å²) < 4.78 is 0. The molecule has 0 saturated heterocycles. The third-order valence-corrected chi connectivity index (χ3v) is 9.98. The van der Waals surface area contributed by atoms with Crippen molar-refractivity contribution >= 4 is 24.1 Å². The van der Waals surface area contributed by atoms with E-state index in [1.165, 1.54) is 76.6 Å². The predicted molar refractivity (Wildman–Crippen MR) is 183 cm³/mol. The first kappa shape index (κ1) is 27.1. The van der Waals surface area contributed by atoms with Gasteiger partial charge in [0.15, 0.2) is 0 Å². The van der Waals surface area contributed by atoms with Gasteiger partial charge in [0.05, 0.1) is 0 Å². The smallest absolute Gasteiger partial charge is 0.0349 e. The summed E-state index contributed by atoms with van der Waals surface area (Å²) in [5.41, 5.74) is 14.7. The second kappa shape index (κ2) is 10.8. The van der Waals surface area contributed by atoms with Gasteiger partial charge in [-0.15, -0.1) is 0 Å². The van der Waals surface area contributed by atoms with Crippen LogP contribution in [0.2, 0.25) is 0 Å². The van der Waals surface area contributed by atoms with Gasteiger partial charge in [0.1, 0.15) is 0 Å². The molecule has 2 heterocycles. The minimum Gasteiger partial charge on any atom is -0.272 e. The molecule has 2 nitrogen and oxygen atoms in total. The zero-order valence-corrected chi connectivity index (χ0v) is 25.5. The second-order valence-corrected chi connectivity index (χ2v) is 12.7. The molecule has 1 aliphatic carbocycles. The molecule has 208 valence electrons. The van der Waals surface area contributed by atoms with Crippen molar-refractivity contribution in [1.82, 2.24) is 4.98 Å². The Bertz CT molecular complexity index is 1920. The Kier molecular flexibility index (Phi) is 6.83. The molecule has 0 fully saturated rings. The molecule has 0 N–H and O–H groups in total. The van der Waals surface area contributed by atoms with E-state index in [0.717, 1.165) is 0 Å². The van der Waals surface area contributed by atoms with Crippen LogP contribution in [0.4, 0.5) is 0 Å². The number of aromatic nitrogens is 1. The number of allylic oxidation sites excluding steroid dienone is 3. The van der Waals surface area contributed by atoms with Crippen LogP contribution in [0.3, 0.4) is 0 Å². The van der Waals surface area contributed by atoms with E-state index in [2.05, 4.69) is 147 Å². The Morgan fingerprint density at radius 1 is 0.721 bits per heavy atom. The molecule has 1 aromatic heterocycles. The van der Waals surface area contributed by atoms with E-state index in [1.54, 1.807) is 6.20 Å². The molecule has 43 heavy (non-hydrogen) atoms. The summed E-state index contributed by atoms with van der Waals surface area (Å²) >= 11 is 1.83. The van der Waals surface area contributed by atoms with Crippen molar-refractivity contribution in [3.63, 3.8) is 0 Å². The monoisotopic (exact) mass is 572 g/mol. The normalized spacial score (nSPS) is 15.2.